The van der Waals surface area contributed by atoms with E-state index >= 15 is 0 Å². The quantitative estimate of drug-likeness (QED) is 0.592. The van der Waals surface area contributed by atoms with Crippen LogP contribution in [0.5, 0.6) is 0 Å². The van der Waals surface area contributed by atoms with E-state index in [0.29, 0.717) is 26.0 Å². The molecule has 2 unspecified atom stereocenters. The molecule has 0 spiro atoms. The first kappa shape index (κ1) is 17.3. The van der Waals surface area contributed by atoms with Crippen molar-refractivity contribution in [2.45, 2.75) is 12.8 Å². The zero-order valence-corrected chi connectivity index (χ0v) is 12.5. The minimum Gasteiger partial charge on any atom is -0.385 e. The van der Waals surface area contributed by atoms with Gasteiger partial charge >= 0.3 is 0 Å². The lowest BCUT2D eigenvalue weighted by molar-refractivity contribution is -0.125. The Morgan fingerprint density at radius 3 is 2.57 bits per heavy atom. The molecule has 1 saturated carbocycles. The maximum absolute atomic E-state index is 13.5. The van der Waals surface area contributed by atoms with Gasteiger partial charge in [0.1, 0.15) is 0 Å². The molecule has 1 aromatic carbocycles. The number of amides is 2. The highest BCUT2D eigenvalue weighted by Crippen LogP contribution is 2.39. The predicted molar refractivity (Wildman–Crippen MR) is 76.0 cm³/mol. The number of carbonyl (C=O) groups excluding carboxylic acids is 2. The molecular weight excluding hydrogens is 313 g/mol. The standard InChI is InChI=1S/C15H17F3N2O3/c1-23-6-2-5-19-14(21)8-7-9(8)15(22)20-11-4-3-10(16)12(17)13(11)18/h3-4,8-9H,2,5-7H2,1H3,(H,19,21)(H,20,22). The van der Waals surface area contributed by atoms with E-state index in [-0.39, 0.29) is 5.91 Å². The van der Waals surface area contributed by atoms with Crippen molar-refractivity contribution in [1.82, 2.24) is 5.32 Å². The van der Waals surface area contributed by atoms with E-state index < -0.39 is 40.9 Å². The summed E-state index contributed by atoms with van der Waals surface area (Å²) in [6, 6.07) is 1.66. The molecule has 2 rings (SSSR count). The summed E-state index contributed by atoms with van der Waals surface area (Å²) in [7, 11) is 1.56. The van der Waals surface area contributed by atoms with E-state index in [4.69, 9.17) is 4.74 Å². The number of ether oxygens (including phenoxy) is 1. The van der Waals surface area contributed by atoms with Gasteiger partial charge in [0.05, 0.1) is 17.5 Å². The topological polar surface area (TPSA) is 67.4 Å². The third-order valence-electron chi connectivity index (χ3n) is 3.58. The van der Waals surface area contributed by atoms with E-state index in [1.165, 1.54) is 0 Å². The fourth-order valence-electron chi connectivity index (χ4n) is 2.18. The van der Waals surface area contributed by atoms with Crippen molar-refractivity contribution >= 4 is 17.5 Å². The minimum atomic E-state index is -1.65. The average molecular weight is 330 g/mol. The molecule has 8 heteroatoms. The third kappa shape index (κ3) is 4.22. The van der Waals surface area contributed by atoms with Crippen LogP contribution in [0.25, 0.3) is 0 Å². The molecule has 1 aromatic rings. The Balaban J connectivity index is 1.84. The van der Waals surface area contributed by atoms with Crippen LogP contribution in [0, 0.1) is 29.3 Å². The molecule has 0 bridgehead atoms. The van der Waals surface area contributed by atoms with Crippen molar-refractivity contribution in [3.8, 4) is 0 Å². The lowest BCUT2D eigenvalue weighted by Crippen LogP contribution is -2.28. The summed E-state index contributed by atoms with van der Waals surface area (Å²) in [5.74, 6) is -6.36. The Labute approximate surface area is 131 Å². The Morgan fingerprint density at radius 2 is 1.87 bits per heavy atom. The third-order valence-corrected chi connectivity index (χ3v) is 3.58. The van der Waals surface area contributed by atoms with Gasteiger partial charge in [-0.15, -0.1) is 0 Å². The SMILES string of the molecule is COCCCNC(=O)C1CC1C(=O)Nc1ccc(F)c(F)c1F. The van der Waals surface area contributed by atoms with Gasteiger partial charge < -0.3 is 15.4 Å². The van der Waals surface area contributed by atoms with E-state index in [9.17, 15) is 22.8 Å². The van der Waals surface area contributed by atoms with Crippen LogP contribution in [0.3, 0.4) is 0 Å². The van der Waals surface area contributed by atoms with Crippen molar-refractivity contribution in [1.29, 1.82) is 0 Å². The molecule has 1 fully saturated rings. The van der Waals surface area contributed by atoms with Gasteiger partial charge in [-0.05, 0) is 25.0 Å². The molecular formula is C15H17F3N2O3. The second-order valence-electron chi connectivity index (χ2n) is 5.30. The van der Waals surface area contributed by atoms with Crippen molar-refractivity contribution in [3.63, 3.8) is 0 Å². The van der Waals surface area contributed by atoms with Crippen LogP contribution in [0.4, 0.5) is 18.9 Å². The molecule has 0 saturated heterocycles. The monoisotopic (exact) mass is 330 g/mol. The molecule has 1 aliphatic rings. The predicted octanol–water partition coefficient (Wildman–Crippen LogP) is 1.83. The molecule has 0 aromatic heterocycles. The molecule has 2 atom stereocenters. The number of anilines is 1. The highest BCUT2D eigenvalue weighted by Gasteiger charge is 2.48. The Hall–Kier alpha value is -2.09. The highest BCUT2D eigenvalue weighted by molar-refractivity contribution is 5.99. The normalized spacial score (nSPS) is 19.3. The van der Waals surface area contributed by atoms with Gasteiger partial charge in [0.25, 0.3) is 0 Å². The van der Waals surface area contributed by atoms with Crippen molar-refractivity contribution < 1.29 is 27.5 Å². The summed E-state index contributed by atoms with van der Waals surface area (Å²) in [6.45, 7) is 0.958. The van der Waals surface area contributed by atoms with E-state index in [0.717, 1.165) is 12.1 Å². The zero-order valence-electron chi connectivity index (χ0n) is 12.5. The van der Waals surface area contributed by atoms with Crippen molar-refractivity contribution in [2.75, 3.05) is 25.6 Å². The van der Waals surface area contributed by atoms with Crippen LogP contribution in [-0.2, 0) is 14.3 Å². The molecule has 5 nitrogen and oxygen atoms in total. The fraction of sp³-hybridized carbons (Fsp3) is 0.467. The van der Waals surface area contributed by atoms with Crippen molar-refractivity contribution in [3.05, 3.63) is 29.6 Å². The molecule has 2 N–H and O–H groups in total. The summed E-state index contributed by atoms with van der Waals surface area (Å²) in [5.41, 5.74) is -0.444. The summed E-state index contributed by atoms with van der Waals surface area (Å²) >= 11 is 0. The second kappa shape index (κ2) is 7.45. The van der Waals surface area contributed by atoms with E-state index in [1.54, 1.807) is 7.11 Å². The summed E-state index contributed by atoms with van der Waals surface area (Å²) in [6.07, 6.45) is 0.999. The number of halogens is 3. The largest absolute Gasteiger partial charge is 0.385 e. The summed E-state index contributed by atoms with van der Waals surface area (Å²) in [4.78, 5) is 23.7. The number of carbonyl (C=O) groups is 2. The number of benzene rings is 1. The van der Waals surface area contributed by atoms with E-state index in [1.807, 2.05) is 0 Å². The second-order valence-corrected chi connectivity index (χ2v) is 5.30. The molecule has 1 aliphatic carbocycles. The Bertz CT molecular complexity index is 610. The summed E-state index contributed by atoms with van der Waals surface area (Å²) in [5, 5.41) is 4.85. The lowest BCUT2D eigenvalue weighted by Gasteiger charge is -2.07. The minimum absolute atomic E-state index is 0.257. The lowest BCUT2D eigenvalue weighted by atomic mass is 10.2. The molecule has 0 radical (unpaired) electrons. The zero-order chi connectivity index (χ0) is 17.0. The Kier molecular flexibility index (Phi) is 5.59. The van der Waals surface area contributed by atoms with Crippen LogP contribution >= 0.6 is 0 Å². The first-order valence-corrected chi connectivity index (χ1v) is 7.16. The van der Waals surface area contributed by atoms with Crippen LogP contribution in [0.2, 0.25) is 0 Å². The molecule has 0 heterocycles. The van der Waals surface area contributed by atoms with Crippen LogP contribution in [0.15, 0.2) is 12.1 Å². The highest BCUT2D eigenvalue weighted by atomic mass is 19.2. The van der Waals surface area contributed by atoms with Gasteiger partial charge in [0.15, 0.2) is 17.5 Å². The number of methoxy groups -OCH3 is 1. The molecule has 126 valence electrons. The van der Waals surface area contributed by atoms with Gasteiger partial charge in [-0.3, -0.25) is 9.59 Å². The van der Waals surface area contributed by atoms with Crippen LogP contribution in [-0.4, -0.2) is 32.1 Å². The molecule has 23 heavy (non-hydrogen) atoms. The van der Waals surface area contributed by atoms with Crippen molar-refractivity contribution in [2.24, 2.45) is 11.8 Å². The van der Waals surface area contributed by atoms with Crippen LogP contribution in [0.1, 0.15) is 12.8 Å². The van der Waals surface area contributed by atoms with Gasteiger partial charge in [0, 0.05) is 20.3 Å². The van der Waals surface area contributed by atoms with E-state index in [2.05, 4.69) is 10.6 Å². The maximum atomic E-state index is 13.5. The van der Waals surface area contributed by atoms with Gasteiger partial charge in [-0.2, -0.15) is 0 Å². The number of nitrogens with one attached hydrogen (secondary N) is 2. The molecule has 2 amide bonds. The number of hydrogen-bond acceptors (Lipinski definition) is 3. The Morgan fingerprint density at radius 1 is 1.17 bits per heavy atom. The fourth-order valence-corrected chi connectivity index (χ4v) is 2.18. The first-order chi connectivity index (χ1) is 11.0. The smallest absolute Gasteiger partial charge is 0.228 e. The molecule has 0 aliphatic heterocycles. The average Bonchev–Trinajstić information content (AvgIpc) is 3.32. The maximum Gasteiger partial charge on any atom is 0.228 e. The number of hydrogen-bond donors (Lipinski definition) is 2. The summed E-state index contributed by atoms with van der Waals surface area (Å²) < 4.78 is 44.2. The van der Waals surface area contributed by atoms with Gasteiger partial charge in [0.2, 0.25) is 11.8 Å². The van der Waals surface area contributed by atoms with Gasteiger partial charge in [-0.1, -0.05) is 0 Å². The van der Waals surface area contributed by atoms with Gasteiger partial charge in [-0.25, -0.2) is 13.2 Å². The number of rotatable bonds is 7. The first-order valence-electron chi connectivity index (χ1n) is 7.16. The van der Waals surface area contributed by atoms with Crippen LogP contribution < -0.4 is 10.6 Å².